The van der Waals surface area contributed by atoms with Crippen LogP contribution in [0.5, 0.6) is 0 Å². The predicted molar refractivity (Wildman–Crippen MR) is 95.6 cm³/mol. The van der Waals surface area contributed by atoms with E-state index in [0.29, 0.717) is 23.9 Å². The van der Waals surface area contributed by atoms with Crippen molar-refractivity contribution in [2.45, 2.75) is 6.42 Å². The third-order valence-corrected chi connectivity index (χ3v) is 3.89. The smallest absolute Gasteiger partial charge is 0.224 e. The van der Waals surface area contributed by atoms with Crippen molar-refractivity contribution in [3.8, 4) is 11.9 Å². The summed E-state index contributed by atoms with van der Waals surface area (Å²) in [7, 11) is 0. The Morgan fingerprint density at radius 3 is 2.81 bits per heavy atom. The number of hydrogen-bond acceptors (Lipinski definition) is 7. The van der Waals surface area contributed by atoms with Gasteiger partial charge >= 0.3 is 0 Å². The molecule has 0 aliphatic carbocycles. The first-order valence-electron chi connectivity index (χ1n) is 8.06. The summed E-state index contributed by atoms with van der Waals surface area (Å²) in [5.41, 5.74) is 3.02. The number of benzene rings is 1. The van der Waals surface area contributed by atoms with Gasteiger partial charge in [-0.3, -0.25) is 4.98 Å². The Balaban J connectivity index is 1.61. The summed E-state index contributed by atoms with van der Waals surface area (Å²) in [6.07, 6.45) is 5.84. The highest BCUT2D eigenvalue weighted by Crippen LogP contribution is 2.18. The van der Waals surface area contributed by atoms with Crippen LogP contribution in [-0.2, 0) is 6.42 Å². The molecule has 8 heteroatoms. The summed E-state index contributed by atoms with van der Waals surface area (Å²) in [4.78, 5) is 12.7. The van der Waals surface area contributed by atoms with Crippen molar-refractivity contribution in [3.63, 3.8) is 0 Å². The molecular weight excluding hydrogens is 328 g/mol. The number of aromatic nitrogens is 6. The molecule has 1 aromatic carbocycles. The molecule has 0 bridgehead atoms. The Hall–Kier alpha value is -3.86. The lowest BCUT2D eigenvalue weighted by Gasteiger charge is -2.08. The fourth-order valence-electron chi connectivity index (χ4n) is 2.59. The van der Waals surface area contributed by atoms with E-state index in [1.54, 1.807) is 17.1 Å². The molecule has 0 spiro atoms. The van der Waals surface area contributed by atoms with Crippen LogP contribution in [0.4, 0.5) is 5.95 Å². The Morgan fingerprint density at radius 2 is 1.96 bits per heavy atom. The maximum absolute atomic E-state index is 9.39. The Morgan fingerprint density at radius 1 is 1.12 bits per heavy atom. The molecule has 0 aliphatic heterocycles. The van der Waals surface area contributed by atoms with E-state index in [1.165, 1.54) is 11.8 Å². The SMILES string of the molecule is N#Cc1cnc(NCCc2ccncc2)nc1-n1nnc2ccccc21. The van der Waals surface area contributed by atoms with Crippen LogP contribution in [0.2, 0.25) is 0 Å². The Labute approximate surface area is 149 Å². The molecule has 126 valence electrons. The first-order chi connectivity index (χ1) is 12.8. The van der Waals surface area contributed by atoms with Gasteiger partial charge in [-0.1, -0.05) is 17.3 Å². The molecule has 26 heavy (non-hydrogen) atoms. The minimum atomic E-state index is 0.334. The van der Waals surface area contributed by atoms with Crippen LogP contribution in [-0.4, -0.2) is 36.5 Å². The summed E-state index contributed by atoms with van der Waals surface area (Å²) >= 11 is 0. The molecular formula is C18H14N8. The summed E-state index contributed by atoms with van der Waals surface area (Å²) < 4.78 is 1.56. The molecule has 4 aromatic rings. The molecule has 0 radical (unpaired) electrons. The average molecular weight is 342 g/mol. The Kier molecular flexibility index (Phi) is 4.18. The first-order valence-corrected chi connectivity index (χ1v) is 8.06. The number of pyridine rings is 1. The van der Waals surface area contributed by atoms with Crippen molar-refractivity contribution < 1.29 is 0 Å². The predicted octanol–water partition coefficient (Wildman–Crippen LogP) is 2.13. The number of fused-ring (bicyclic) bond motifs is 1. The molecule has 0 saturated carbocycles. The van der Waals surface area contributed by atoms with Crippen LogP contribution in [0.3, 0.4) is 0 Å². The molecule has 4 rings (SSSR count). The van der Waals surface area contributed by atoms with Crippen LogP contribution >= 0.6 is 0 Å². The molecule has 0 saturated heterocycles. The van der Waals surface area contributed by atoms with E-state index in [9.17, 15) is 5.26 Å². The van der Waals surface area contributed by atoms with Crippen molar-refractivity contribution in [3.05, 3.63) is 66.1 Å². The van der Waals surface area contributed by atoms with Gasteiger partial charge in [0.2, 0.25) is 5.95 Å². The van der Waals surface area contributed by atoms with Crippen molar-refractivity contribution in [2.75, 3.05) is 11.9 Å². The summed E-state index contributed by atoms with van der Waals surface area (Å²) in [5.74, 6) is 0.843. The molecule has 3 aromatic heterocycles. The zero-order valence-electron chi connectivity index (χ0n) is 13.7. The van der Waals surface area contributed by atoms with E-state index < -0.39 is 0 Å². The van der Waals surface area contributed by atoms with Crippen LogP contribution in [0, 0.1) is 11.3 Å². The van der Waals surface area contributed by atoms with Gasteiger partial charge in [-0.2, -0.15) is 14.9 Å². The fraction of sp³-hybridized carbons (Fsp3) is 0.111. The molecule has 0 atom stereocenters. The Bertz CT molecular complexity index is 1080. The van der Waals surface area contributed by atoms with Crippen LogP contribution in [0.25, 0.3) is 16.9 Å². The summed E-state index contributed by atoms with van der Waals surface area (Å²) in [6.45, 7) is 0.660. The average Bonchev–Trinajstić information content (AvgIpc) is 3.13. The number of rotatable bonds is 5. The maximum atomic E-state index is 9.39. The van der Waals surface area contributed by atoms with E-state index in [1.807, 2.05) is 36.4 Å². The number of hydrogen-bond donors (Lipinski definition) is 1. The normalized spacial score (nSPS) is 10.6. The number of anilines is 1. The zero-order valence-corrected chi connectivity index (χ0v) is 13.7. The van der Waals surface area contributed by atoms with Gasteiger partial charge in [-0.15, -0.1) is 5.10 Å². The monoisotopic (exact) mass is 342 g/mol. The van der Waals surface area contributed by atoms with Crippen molar-refractivity contribution >= 4 is 17.0 Å². The van der Waals surface area contributed by atoms with Crippen LogP contribution in [0.15, 0.2) is 55.0 Å². The second-order valence-corrected chi connectivity index (χ2v) is 5.56. The molecule has 8 nitrogen and oxygen atoms in total. The van der Waals surface area contributed by atoms with Gasteiger partial charge in [0.25, 0.3) is 0 Å². The molecule has 0 unspecified atom stereocenters. The highest BCUT2D eigenvalue weighted by Gasteiger charge is 2.13. The highest BCUT2D eigenvalue weighted by atomic mass is 15.4. The lowest BCUT2D eigenvalue weighted by molar-refractivity contribution is 0.793. The second-order valence-electron chi connectivity index (χ2n) is 5.56. The third-order valence-electron chi connectivity index (χ3n) is 3.89. The standard InChI is InChI=1S/C18H14N8/c19-11-14-12-22-18(21-10-7-13-5-8-20-9-6-13)23-17(14)26-16-4-2-1-3-15(16)24-25-26/h1-6,8-9,12H,7,10H2,(H,21,22,23). The lowest BCUT2D eigenvalue weighted by Crippen LogP contribution is -2.11. The zero-order chi connectivity index (χ0) is 17.8. The number of para-hydroxylation sites is 1. The second kappa shape index (κ2) is 6.94. The van der Waals surface area contributed by atoms with Crippen LogP contribution < -0.4 is 5.32 Å². The molecule has 1 N–H and O–H groups in total. The van der Waals surface area contributed by atoms with Gasteiger partial charge in [0, 0.05) is 18.9 Å². The summed E-state index contributed by atoms with van der Waals surface area (Å²) in [6, 6.07) is 13.6. The number of nitrogens with one attached hydrogen (secondary N) is 1. The van der Waals surface area contributed by atoms with Crippen molar-refractivity contribution in [1.82, 2.24) is 29.9 Å². The molecule has 3 heterocycles. The minimum Gasteiger partial charge on any atom is -0.354 e. The topological polar surface area (TPSA) is 105 Å². The van der Waals surface area contributed by atoms with Crippen LogP contribution in [0.1, 0.15) is 11.1 Å². The van der Waals surface area contributed by atoms with Gasteiger partial charge in [0.1, 0.15) is 17.1 Å². The van der Waals surface area contributed by atoms with Gasteiger partial charge in [0.15, 0.2) is 5.82 Å². The number of nitrogens with zero attached hydrogens (tertiary/aromatic N) is 7. The van der Waals surface area contributed by atoms with Gasteiger partial charge in [0.05, 0.1) is 11.7 Å². The van der Waals surface area contributed by atoms with E-state index in [0.717, 1.165) is 17.5 Å². The summed E-state index contributed by atoms with van der Waals surface area (Å²) in [5, 5.41) is 20.8. The number of nitriles is 1. The quantitative estimate of drug-likeness (QED) is 0.592. The lowest BCUT2D eigenvalue weighted by atomic mass is 10.2. The van der Waals surface area contributed by atoms with E-state index >= 15 is 0 Å². The highest BCUT2D eigenvalue weighted by molar-refractivity contribution is 5.76. The largest absolute Gasteiger partial charge is 0.354 e. The third kappa shape index (κ3) is 3.06. The van der Waals surface area contributed by atoms with Gasteiger partial charge < -0.3 is 5.32 Å². The van der Waals surface area contributed by atoms with E-state index in [2.05, 4.69) is 36.7 Å². The molecule has 0 amide bonds. The van der Waals surface area contributed by atoms with Gasteiger partial charge in [-0.05, 0) is 36.2 Å². The molecule has 0 aliphatic rings. The van der Waals surface area contributed by atoms with Gasteiger partial charge in [-0.25, -0.2) is 4.98 Å². The van der Waals surface area contributed by atoms with Crippen molar-refractivity contribution in [1.29, 1.82) is 5.26 Å². The fourth-order valence-corrected chi connectivity index (χ4v) is 2.59. The minimum absolute atomic E-state index is 0.334. The first kappa shape index (κ1) is 15.7. The molecule has 0 fully saturated rings. The van der Waals surface area contributed by atoms with E-state index in [-0.39, 0.29) is 0 Å². The maximum Gasteiger partial charge on any atom is 0.224 e. The van der Waals surface area contributed by atoms with E-state index in [4.69, 9.17) is 0 Å². The van der Waals surface area contributed by atoms with Crippen molar-refractivity contribution in [2.24, 2.45) is 0 Å².